The monoisotopic (exact) mass is 207 g/mol. The minimum absolute atomic E-state index is 0.393. The van der Waals surface area contributed by atoms with Gasteiger partial charge in [0.15, 0.2) is 23.2 Å². The van der Waals surface area contributed by atoms with E-state index in [1.165, 1.54) is 0 Å². The van der Waals surface area contributed by atoms with Gasteiger partial charge in [-0.15, -0.1) is 0 Å². The zero-order chi connectivity index (χ0) is 10.7. The number of rotatable bonds is 3. The van der Waals surface area contributed by atoms with Gasteiger partial charge in [-0.3, -0.25) is 4.84 Å². The van der Waals surface area contributed by atoms with Crippen LogP contribution in [0, 0.1) is 17.5 Å². The molecular weight excluding hydrogens is 199 g/mol. The molecule has 0 aliphatic carbocycles. The van der Waals surface area contributed by atoms with Gasteiger partial charge in [0.2, 0.25) is 0 Å². The lowest BCUT2D eigenvalue weighted by Gasteiger charge is -2.08. The van der Waals surface area contributed by atoms with Crippen LogP contribution in [-0.2, 0) is 11.4 Å². The fourth-order valence-electron chi connectivity index (χ4n) is 0.990. The SMILES string of the molecule is COc1cc(F)c(F)c(CON)c1F. The van der Waals surface area contributed by atoms with Gasteiger partial charge in [-0.1, -0.05) is 0 Å². The third-order valence-corrected chi connectivity index (χ3v) is 1.66. The molecule has 1 aromatic carbocycles. The number of methoxy groups -OCH3 is 1. The molecule has 0 heterocycles. The molecule has 0 amide bonds. The molecule has 0 atom stereocenters. The summed E-state index contributed by atoms with van der Waals surface area (Å²) in [6.07, 6.45) is 0. The third-order valence-electron chi connectivity index (χ3n) is 1.66. The molecular formula is C8H8F3NO2. The fourth-order valence-corrected chi connectivity index (χ4v) is 0.990. The maximum Gasteiger partial charge on any atom is 0.173 e. The Hall–Kier alpha value is -1.27. The predicted octanol–water partition coefficient (Wildman–Crippen LogP) is 1.50. The molecule has 78 valence electrons. The smallest absolute Gasteiger partial charge is 0.173 e. The van der Waals surface area contributed by atoms with Gasteiger partial charge in [0.05, 0.1) is 19.3 Å². The Labute approximate surface area is 78.2 Å². The Morgan fingerprint density at radius 1 is 1.29 bits per heavy atom. The van der Waals surface area contributed by atoms with Gasteiger partial charge in [-0.05, 0) is 0 Å². The number of hydrogen-bond donors (Lipinski definition) is 1. The molecule has 0 radical (unpaired) electrons. The molecule has 1 rings (SSSR count). The van der Waals surface area contributed by atoms with Crippen molar-refractivity contribution in [2.75, 3.05) is 7.11 Å². The van der Waals surface area contributed by atoms with Gasteiger partial charge in [-0.25, -0.2) is 19.1 Å². The van der Waals surface area contributed by atoms with Crippen LogP contribution in [0.15, 0.2) is 6.07 Å². The van der Waals surface area contributed by atoms with E-state index in [2.05, 4.69) is 15.5 Å². The normalized spacial score (nSPS) is 10.4. The summed E-state index contributed by atoms with van der Waals surface area (Å²) in [5.74, 6) is 0.696. The predicted molar refractivity (Wildman–Crippen MR) is 41.8 cm³/mol. The number of nitrogens with two attached hydrogens (primary N) is 1. The van der Waals surface area contributed by atoms with Gasteiger partial charge in [0, 0.05) is 6.07 Å². The van der Waals surface area contributed by atoms with E-state index in [4.69, 9.17) is 0 Å². The number of halogens is 3. The van der Waals surface area contributed by atoms with Crippen molar-refractivity contribution in [2.24, 2.45) is 5.90 Å². The standard InChI is InChI=1S/C8H8F3NO2/c1-13-6-2-5(9)7(10)4(3-14-12)8(6)11/h2H,3,12H2,1H3. The molecule has 14 heavy (non-hydrogen) atoms. The van der Waals surface area contributed by atoms with Crippen LogP contribution in [0.3, 0.4) is 0 Å². The first-order chi connectivity index (χ1) is 6.61. The van der Waals surface area contributed by atoms with E-state index < -0.39 is 35.4 Å². The van der Waals surface area contributed by atoms with Crippen LogP contribution in [0.1, 0.15) is 5.56 Å². The van der Waals surface area contributed by atoms with E-state index in [-0.39, 0.29) is 0 Å². The Morgan fingerprint density at radius 3 is 2.43 bits per heavy atom. The molecule has 0 aromatic heterocycles. The van der Waals surface area contributed by atoms with Crippen LogP contribution in [0.2, 0.25) is 0 Å². The van der Waals surface area contributed by atoms with Crippen molar-refractivity contribution in [2.45, 2.75) is 6.61 Å². The molecule has 0 unspecified atom stereocenters. The first-order valence-corrected chi connectivity index (χ1v) is 3.63. The minimum Gasteiger partial charge on any atom is -0.494 e. The van der Waals surface area contributed by atoms with E-state index >= 15 is 0 Å². The van der Waals surface area contributed by atoms with Crippen LogP contribution < -0.4 is 10.6 Å². The number of hydrogen-bond acceptors (Lipinski definition) is 3. The van der Waals surface area contributed by atoms with Crippen LogP contribution in [0.4, 0.5) is 13.2 Å². The molecule has 0 saturated carbocycles. The van der Waals surface area contributed by atoms with Crippen molar-refractivity contribution in [1.29, 1.82) is 0 Å². The maximum atomic E-state index is 13.2. The maximum absolute atomic E-state index is 13.2. The molecule has 2 N–H and O–H groups in total. The summed E-state index contributed by atoms with van der Waals surface area (Å²) in [5, 5.41) is 0. The number of benzene rings is 1. The lowest BCUT2D eigenvalue weighted by atomic mass is 10.2. The molecule has 0 bridgehead atoms. The molecule has 6 heteroatoms. The molecule has 0 fully saturated rings. The average molecular weight is 207 g/mol. The molecule has 0 aliphatic heterocycles. The minimum atomic E-state index is -1.33. The van der Waals surface area contributed by atoms with E-state index in [0.29, 0.717) is 6.07 Å². The van der Waals surface area contributed by atoms with E-state index in [1.54, 1.807) is 0 Å². The van der Waals surface area contributed by atoms with Crippen molar-refractivity contribution in [3.05, 3.63) is 29.1 Å². The van der Waals surface area contributed by atoms with E-state index in [1.807, 2.05) is 0 Å². The average Bonchev–Trinajstić information content (AvgIpc) is 2.18. The highest BCUT2D eigenvalue weighted by molar-refractivity contribution is 5.33. The van der Waals surface area contributed by atoms with Gasteiger partial charge < -0.3 is 4.74 Å². The topological polar surface area (TPSA) is 44.5 Å². The van der Waals surface area contributed by atoms with Gasteiger partial charge in [0.1, 0.15) is 0 Å². The number of ether oxygens (including phenoxy) is 1. The second-order valence-corrected chi connectivity index (χ2v) is 2.48. The van der Waals surface area contributed by atoms with Gasteiger partial charge in [-0.2, -0.15) is 0 Å². The summed E-state index contributed by atoms with van der Waals surface area (Å²) < 4.78 is 43.5. The lowest BCUT2D eigenvalue weighted by Crippen LogP contribution is -2.07. The van der Waals surface area contributed by atoms with Crippen LogP contribution >= 0.6 is 0 Å². The van der Waals surface area contributed by atoms with Crippen LogP contribution in [0.5, 0.6) is 5.75 Å². The zero-order valence-corrected chi connectivity index (χ0v) is 7.31. The lowest BCUT2D eigenvalue weighted by molar-refractivity contribution is 0.117. The summed E-state index contributed by atoms with van der Waals surface area (Å²) in [7, 11) is 1.14. The highest BCUT2D eigenvalue weighted by Gasteiger charge is 2.19. The van der Waals surface area contributed by atoms with Gasteiger partial charge in [0.25, 0.3) is 0 Å². The van der Waals surface area contributed by atoms with Crippen LogP contribution in [-0.4, -0.2) is 7.11 Å². The van der Waals surface area contributed by atoms with Crippen molar-refractivity contribution in [3.63, 3.8) is 0 Å². The van der Waals surface area contributed by atoms with Gasteiger partial charge >= 0.3 is 0 Å². The van der Waals surface area contributed by atoms with Crippen molar-refractivity contribution in [1.82, 2.24) is 0 Å². The quantitative estimate of drug-likeness (QED) is 0.603. The molecule has 0 saturated heterocycles. The van der Waals surface area contributed by atoms with Crippen molar-refractivity contribution >= 4 is 0 Å². The molecule has 0 aliphatic rings. The Bertz CT molecular complexity index is 344. The molecule has 0 spiro atoms. The summed E-state index contributed by atoms with van der Waals surface area (Å²) in [6.45, 7) is -0.564. The largest absolute Gasteiger partial charge is 0.494 e. The molecule has 3 nitrogen and oxygen atoms in total. The highest BCUT2D eigenvalue weighted by atomic mass is 19.2. The summed E-state index contributed by atoms with van der Waals surface area (Å²) in [4.78, 5) is 4.04. The van der Waals surface area contributed by atoms with Crippen molar-refractivity contribution in [3.8, 4) is 5.75 Å². The summed E-state index contributed by atoms with van der Waals surface area (Å²) in [5.41, 5.74) is -0.593. The summed E-state index contributed by atoms with van der Waals surface area (Å²) in [6, 6.07) is 0.616. The van der Waals surface area contributed by atoms with E-state index in [0.717, 1.165) is 7.11 Å². The van der Waals surface area contributed by atoms with Crippen molar-refractivity contribution < 1.29 is 22.7 Å². The second-order valence-electron chi connectivity index (χ2n) is 2.48. The highest BCUT2D eigenvalue weighted by Crippen LogP contribution is 2.25. The Kier molecular flexibility index (Phi) is 3.32. The second kappa shape index (κ2) is 4.30. The Balaban J connectivity index is 3.29. The summed E-state index contributed by atoms with van der Waals surface area (Å²) >= 11 is 0. The van der Waals surface area contributed by atoms with E-state index in [9.17, 15) is 13.2 Å². The zero-order valence-electron chi connectivity index (χ0n) is 7.31. The molecule has 1 aromatic rings. The fraction of sp³-hybridized carbons (Fsp3) is 0.250. The first-order valence-electron chi connectivity index (χ1n) is 3.63. The van der Waals surface area contributed by atoms with Crippen LogP contribution in [0.25, 0.3) is 0 Å². The first kappa shape index (κ1) is 10.8. The third kappa shape index (κ3) is 1.80. The Morgan fingerprint density at radius 2 is 1.93 bits per heavy atom.